The molecule has 0 aliphatic carbocycles. The van der Waals surface area contributed by atoms with Gasteiger partial charge in [-0.1, -0.05) is 15.9 Å². The van der Waals surface area contributed by atoms with Crippen LogP contribution in [0, 0.1) is 5.92 Å². The van der Waals surface area contributed by atoms with Gasteiger partial charge in [0.2, 0.25) is 0 Å². The molecule has 1 aromatic carbocycles. The zero-order chi connectivity index (χ0) is 14.6. The molecule has 20 heavy (non-hydrogen) atoms. The van der Waals surface area contributed by atoms with E-state index in [1.807, 2.05) is 0 Å². The molecule has 1 aromatic rings. The van der Waals surface area contributed by atoms with Gasteiger partial charge >= 0.3 is 6.18 Å². The molecule has 0 aromatic heterocycles. The highest BCUT2D eigenvalue weighted by atomic mass is 79.9. The lowest BCUT2D eigenvalue weighted by Gasteiger charge is -2.23. The third-order valence-corrected chi connectivity index (χ3v) is 3.92. The first-order valence-corrected chi connectivity index (χ1v) is 7.46. The number of benzene rings is 1. The molecule has 1 unspecified atom stereocenters. The molecule has 1 aliphatic rings. The molecular weight excluding hydrogens is 335 g/mol. The third-order valence-electron chi connectivity index (χ3n) is 3.43. The van der Waals surface area contributed by atoms with E-state index in [4.69, 9.17) is 4.74 Å². The minimum atomic E-state index is -4.40. The number of alkyl halides is 3. The molecule has 1 aliphatic heterocycles. The van der Waals surface area contributed by atoms with E-state index in [-0.39, 0.29) is 5.75 Å². The van der Waals surface area contributed by atoms with Crippen molar-refractivity contribution >= 4 is 15.9 Å². The van der Waals surface area contributed by atoms with Crippen molar-refractivity contribution in [3.05, 3.63) is 28.2 Å². The van der Waals surface area contributed by atoms with Crippen LogP contribution in [-0.2, 0) is 6.18 Å². The molecule has 1 N–H and O–H groups in total. The van der Waals surface area contributed by atoms with Crippen molar-refractivity contribution in [3.63, 3.8) is 0 Å². The Kier molecular flexibility index (Phi) is 5.32. The second kappa shape index (κ2) is 6.80. The quantitative estimate of drug-likeness (QED) is 0.875. The predicted molar refractivity (Wildman–Crippen MR) is 74.8 cm³/mol. The molecule has 6 heteroatoms. The van der Waals surface area contributed by atoms with Gasteiger partial charge in [-0.15, -0.1) is 0 Å². The lowest BCUT2D eigenvalue weighted by Crippen LogP contribution is -2.30. The van der Waals surface area contributed by atoms with Crippen LogP contribution in [0.1, 0.15) is 24.8 Å². The maximum atomic E-state index is 12.9. The summed E-state index contributed by atoms with van der Waals surface area (Å²) >= 11 is 3.06. The molecule has 1 heterocycles. The molecule has 2 nitrogen and oxygen atoms in total. The molecule has 0 saturated carbocycles. The molecule has 0 spiro atoms. The second-order valence-electron chi connectivity index (χ2n) is 4.99. The van der Waals surface area contributed by atoms with Gasteiger partial charge in [0.15, 0.2) is 0 Å². The Morgan fingerprint density at radius 2 is 2.15 bits per heavy atom. The van der Waals surface area contributed by atoms with Crippen LogP contribution < -0.4 is 10.1 Å². The van der Waals surface area contributed by atoms with E-state index in [9.17, 15) is 13.2 Å². The summed E-state index contributed by atoms with van der Waals surface area (Å²) in [6, 6.07) is 3.98. The Morgan fingerprint density at radius 1 is 1.35 bits per heavy atom. The summed E-state index contributed by atoms with van der Waals surface area (Å²) in [6.07, 6.45) is -1.38. The molecule has 1 fully saturated rings. The van der Waals surface area contributed by atoms with Gasteiger partial charge in [-0.3, -0.25) is 0 Å². The Labute approximate surface area is 124 Å². The fraction of sp³-hybridized carbons (Fsp3) is 0.571. The highest BCUT2D eigenvalue weighted by Gasteiger charge is 2.34. The van der Waals surface area contributed by atoms with Crippen molar-refractivity contribution < 1.29 is 17.9 Å². The molecule has 112 valence electrons. The number of hydrogen-bond acceptors (Lipinski definition) is 2. The Balaban J connectivity index is 1.95. The number of piperidine rings is 1. The zero-order valence-electron chi connectivity index (χ0n) is 11.0. The van der Waals surface area contributed by atoms with Crippen molar-refractivity contribution in [3.8, 4) is 5.75 Å². The third kappa shape index (κ3) is 4.38. The summed E-state index contributed by atoms with van der Waals surface area (Å²) in [4.78, 5) is 0. The highest BCUT2D eigenvalue weighted by molar-refractivity contribution is 9.10. The van der Waals surface area contributed by atoms with Crippen LogP contribution in [0.3, 0.4) is 0 Å². The summed E-state index contributed by atoms with van der Waals surface area (Å²) in [5.74, 6) is 0.401. The lowest BCUT2D eigenvalue weighted by atomic mass is 9.97. The van der Waals surface area contributed by atoms with E-state index < -0.39 is 11.7 Å². The molecule has 0 radical (unpaired) electrons. The van der Waals surface area contributed by atoms with E-state index in [0.717, 1.165) is 38.4 Å². The first-order valence-electron chi connectivity index (χ1n) is 6.67. The van der Waals surface area contributed by atoms with E-state index in [1.165, 1.54) is 6.07 Å². The van der Waals surface area contributed by atoms with E-state index in [1.54, 1.807) is 6.07 Å². The summed E-state index contributed by atoms with van der Waals surface area (Å²) in [5.41, 5.74) is -0.728. The number of rotatable bonds is 4. The SMILES string of the molecule is FC(F)(F)c1cc(Br)ccc1OCCC1CCCNC1. The smallest absolute Gasteiger partial charge is 0.420 e. The minimum absolute atomic E-state index is 0.0931. The summed E-state index contributed by atoms with van der Waals surface area (Å²) in [7, 11) is 0. The monoisotopic (exact) mass is 351 g/mol. The van der Waals surface area contributed by atoms with Crippen molar-refractivity contribution in [2.45, 2.75) is 25.4 Å². The molecule has 0 amide bonds. The van der Waals surface area contributed by atoms with E-state index in [2.05, 4.69) is 21.2 Å². The molecule has 1 saturated heterocycles. The fourth-order valence-electron chi connectivity index (χ4n) is 2.36. The largest absolute Gasteiger partial charge is 0.493 e. The van der Waals surface area contributed by atoms with Crippen molar-refractivity contribution in [1.29, 1.82) is 0 Å². The predicted octanol–water partition coefficient (Wildman–Crippen LogP) is 4.24. The first kappa shape index (κ1) is 15.6. The van der Waals surface area contributed by atoms with Crippen LogP contribution in [0.2, 0.25) is 0 Å². The van der Waals surface area contributed by atoms with Gasteiger partial charge in [0.05, 0.1) is 12.2 Å². The second-order valence-corrected chi connectivity index (χ2v) is 5.90. The van der Waals surface area contributed by atoms with Crippen LogP contribution >= 0.6 is 15.9 Å². The Morgan fingerprint density at radius 3 is 2.80 bits per heavy atom. The molecule has 2 rings (SSSR count). The number of ether oxygens (including phenoxy) is 1. The van der Waals surface area contributed by atoms with Gasteiger partial charge in [-0.05, 0) is 56.5 Å². The maximum Gasteiger partial charge on any atom is 0.420 e. The highest BCUT2D eigenvalue weighted by Crippen LogP contribution is 2.38. The maximum absolute atomic E-state index is 12.9. The summed E-state index contributed by atoms with van der Waals surface area (Å²) in [5, 5.41) is 3.28. The van der Waals surface area contributed by atoms with Gasteiger partial charge in [0.1, 0.15) is 5.75 Å². The van der Waals surface area contributed by atoms with Crippen molar-refractivity contribution in [1.82, 2.24) is 5.32 Å². The van der Waals surface area contributed by atoms with Crippen molar-refractivity contribution in [2.24, 2.45) is 5.92 Å². The van der Waals surface area contributed by atoms with Crippen LogP contribution in [0.25, 0.3) is 0 Å². The van der Waals surface area contributed by atoms with Gasteiger partial charge in [0.25, 0.3) is 0 Å². The molecule has 1 atom stereocenters. The number of halogens is 4. The van der Waals surface area contributed by atoms with Gasteiger partial charge in [-0.2, -0.15) is 13.2 Å². The zero-order valence-corrected chi connectivity index (χ0v) is 12.6. The molecule has 0 bridgehead atoms. The topological polar surface area (TPSA) is 21.3 Å². The molecular formula is C14H17BrF3NO. The minimum Gasteiger partial charge on any atom is -0.493 e. The van der Waals surface area contributed by atoms with Crippen LogP contribution in [-0.4, -0.2) is 19.7 Å². The summed E-state index contributed by atoms with van der Waals surface area (Å²) in [6.45, 7) is 2.27. The number of hydrogen-bond donors (Lipinski definition) is 1. The van der Waals surface area contributed by atoms with Gasteiger partial charge in [-0.25, -0.2) is 0 Å². The first-order chi connectivity index (χ1) is 9.47. The summed E-state index contributed by atoms with van der Waals surface area (Å²) < 4.78 is 44.4. The van der Waals surface area contributed by atoms with E-state index in [0.29, 0.717) is 17.0 Å². The number of nitrogens with one attached hydrogen (secondary N) is 1. The average molecular weight is 352 g/mol. The average Bonchev–Trinajstić information content (AvgIpc) is 2.40. The van der Waals surface area contributed by atoms with E-state index >= 15 is 0 Å². The lowest BCUT2D eigenvalue weighted by molar-refractivity contribution is -0.139. The van der Waals surface area contributed by atoms with Crippen LogP contribution in [0.15, 0.2) is 22.7 Å². The normalized spacial score (nSPS) is 19.9. The van der Waals surface area contributed by atoms with Crippen LogP contribution in [0.5, 0.6) is 5.75 Å². The standard InChI is InChI=1S/C14H17BrF3NO/c15-11-3-4-13(12(8-11)14(16,17)18)20-7-5-10-2-1-6-19-9-10/h3-4,8,10,19H,1-2,5-7,9H2. The Hall–Kier alpha value is -0.750. The van der Waals surface area contributed by atoms with Gasteiger partial charge in [0, 0.05) is 4.47 Å². The van der Waals surface area contributed by atoms with Gasteiger partial charge < -0.3 is 10.1 Å². The fourth-order valence-corrected chi connectivity index (χ4v) is 2.72. The van der Waals surface area contributed by atoms with Crippen molar-refractivity contribution in [2.75, 3.05) is 19.7 Å². The Bertz CT molecular complexity index is 445. The van der Waals surface area contributed by atoms with Crippen LogP contribution in [0.4, 0.5) is 13.2 Å².